The number of nitrogens with zero attached hydrogens (tertiary/aromatic N) is 3. The largest absolute Gasteiger partial charge is 0.497 e. The molecule has 0 bridgehead atoms. The first-order valence-electron chi connectivity index (χ1n) is 9.87. The van der Waals surface area contributed by atoms with Crippen LogP contribution in [0, 0.1) is 5.82 Å². The van der Waals surface area contributed by atoms with Crippen molar-refractivity contribution in [1.29, 1.82) is 0 Å². The first-order chi connectivity index (χ1) is 15.5. The Labute approximate surface area is 185 Å². The molecular formula is C23H22FN3O4S. The number of sulfonamides is 1. The average Bonchev–Trinajstić information content (AvgIpc) is 3.46. The van der Waals surface area contributed by atoms with E-state index in [4.69, 9.17) is 9.15 Å². The van der Waals surface area contributed by atoms with Gasteiger partial charge >= 0.3 is 0 Å². The highest BCUT2D eigenvalue weighted by Crippen LogP contribution is 2.23. The smallest absolute Gasteiger partial charge is 0.243 e. The van der Waals surface area contributed by atoms with Crippen molar-refractivity contribution in [3.05, 3.63) is 102 Å². The van der Waals surface area contributed by atoms with E-state index in [9.17, 15) is 12.8 Å². The van der Waals surface area contributed by atoms with Crippen LogP contribution in [0.3, 0.4) is 0 Å². The van der Waals surface area contributed by atoms with E-state index in [1.807, 2.05) is 6.07 Å². The molecule has 0 N–H and O–H groups in total. The quantitative estimate of drug-likeness (QED) is 0.380. The second-order valence-electron chi connectivity index (χ2n) is 7.13. The van der Waals surface area contributed by atoms with Crippen molar-refractivity contribution in [3.63, 3.8) is 0 Å². The summed E-state index contributed by atoms with van der Waals surface area (Å²) in [7, 11) is -2.35. The molecule has 2 aromatic heterocycles. The number of hydrogen-bond acceptors (Lipinski definition) is 5. The van der Waals surface area contributed by atoms with Crippen LogP contribution in [0.2, 0.25) is 0 Å². The number of furan rings is 1. The van der Waals surface area contributed by atoms with Crippen LogP contribution >= 0.6 is 0 Å². The topological polar surface area (TPSA) is 77.6 Å². The van der Waals surface area contributed by atoms with Crippen molar-refractivity contribution in [2.45, 2.75) is 24.5 Å². The van der Waals surface area contributed by atoms with Crippen LogP contribution < -0.4 is 4.74 Å². The Balaban J connectivity index is 1.64. The number of hydrogen-bond donors (Lipinski definition) is 0. The molecule has 0 unspecified atom stereocenters. The van der Waals surface area contributed by atoms with Gasteiger partial charge in [0.1, 0.15) is 23.2 Å². The molecule has 7 nitrogen and oxygen atoms in total. The Morgan fingerprint density at radius 1 is 1.09 bits per heavy atom. The van der Waals surface area contributed by atoms with Gasteiger partial charge in [-0.05, 0) is 54.1 Å². The molecule has 32 heavy (non-hydrogen) atoms. The monoisotopic (exact) mass is 455 g/mol. The second kappa shape index (κ2) is 9.37. The van der Waals surface area contributed by atoms with Gasteiger partial charge in [0.2, 0.25) is 10.0 Å². The molecule has 0 aliphatic rings. The zero-order valence-corrected chi connectivity index (χ0v) is 18.2. The van der Waals surface area contributed by atoms with Gasteiger partial charge in [-0.1, -0.05) is 12.1 Å². The van der Waals surface area contributed by atoms with E-state index < -0.39 is 10.0 Å². The van der Waals surface area contributed by atoms with E-state index in [2.05, 4.69) is 4.98 Å². The molecule has 166 valence electrons. The highest BCUT2D eigenvalue weighted by atomic mass is 32.2. The number of benzene rings is 2. The molecule has 0 aliphatic carbocycles. The van der Waals surface area contributed by atoms with Crippen LogP contribution in [0.1, 0.15) is 17.1 Å². The van der Waals surface area contributed by atoms with Gasteiger partial charge in [0, 0.05) is 18.9 Å². The second-order valence-corrected chi connectivity index (χ2v) is 9.07. The van der Waals surface area contributed by atoms with Crippen LogP contribution in [-0.4, -0.2) is 29.4 Å². The summed E-state index contributed by atoms with van der Waals surface area (Å²) in [4.78, 5) is 4.48. The third-order valence-corrected chi connectivity index (χ3v) is 6.78. The maximum Gasteiger partial charge on any atom is 0.243 e. The predicted octanol–water partition coefficient (Wildman–Crippen LogP) is 4.06. The minimum Gasteiger partial charge on any atom is -0.497 e. The number of imidazole rings is 1. The normalized spacial score (nSPS) is 11.7. The van der Waals surface area contributed by atoms with Gasteiger partial charge < -0.3 is 13.7 Å². The predicted molar refractivity (Wildman–Crippen MR) is 116 cm³/mol. The zero-order chi connectivity index (χ0) is 22.6. The Morgan fingerprint density at radius 3 is 2.59 bits per heavy atom. The van der Waals surface area contributed by atoms with Gasteiger partial charge in [-0.3, -0.25) is 0 Å². The molecule has 4 aromatic rings. The average molecular weight is 456 g/mol. The lowest BCUT2D eigenvalue weighted by Crippen LogP contribution is -2.31. The Kier molecular flexibility index (Phi) is 6.38. The minimum absolute atomic E-state index is 0.0113. The summed E-state index contributed by atoms with van der Waals surface area (Å²) in [6.45, 7) is 0.413. The van der Waals surface area contributed by atoms with Gasteiger partial charge in [0.25, 0.3) is 0 Å². The number of aromatic nitrogens is 2. The fraction of sp³-hybridized carbons (Fsp3) is 0.174. The van der Waals surface area contributed by atoms with E-state index in [0.717, 1.165) is 5.56 Å². The van der Waals surface area contributed by atoms with Crippen molar-refractivity contribution in [3.8, 4) is 5.75 Å². The van der Waals surface area contributed by atoms with Gasteiger partial charge in [0.15, 0.2) is 0 Å². The summed E-state index contributed by atoms with van der Waals surface area (Å²) in [6, 6.07) is 15.9. The van der Waals surface area contributed by atoms with E-state index in [1.165, 1.54) is 41.9 Å². The summed E-state index contributed by atoms with van der Waals surface area (Å²) in [5.41, 5.74) is 0.750. The molecule has 9 heteroatoms. The lowest BCUT2D eigenvalue weighted by atomic mass is 10.2. The number of methoxy groups -OCH3 is 1. The third kappa shape index (κ3) is 4.90. The SMILES string of the molecule is COc1ccc(S(=O)(=O)N(Cc2ccco2)Cc2nccn2Cc2cccc(F)c2)cc1. The minimum atomic E-state index is -3.87. The summed E-state index contributed by atoms with van der Waals surface area (Å²) in [5, 5.41) is 0. The lowest BCUT2D eigenvalue weighted by Gasteiger charge is -2.22. The molecule has 0 amide bonds. The van der Waals surface area contributed by atoms with Crippen molar-refractivity contribution in [1.82, 2.24) is 13.9 Å². The van der Waals surface area contributed by atoms with Crippen LogP contribution in [-0.2, 0) is 29.7 Å². The van der Waals surface area contributed by atoms with E-state index in [1.54, 1.807) is 47.3 Å². The van der Waals surface area contributed by atoms with Crippen molar-refractivity contribution < 1.29 is 22.0 Å². The highest BCUT2D eigenvalue weighted by molar-refractivity contribution is 7.89. The molecule has 0 aliphatic heterocycles. The fourth-order valence-corrected chi connectivity index (χ4v) is 4.69. The molecule has 0 spiro atoms. The molecule has 2 aromatic carbocycles. The molecule has 0 saturated heterocycles. The lowest BCUT2D eigenvalue weighted by molar-refractivity contribution is 0.348. The van der Waals surface area contributed by atoms with Crippen molar-refractivity contribution in [2.75, 3.05) is 7.11 Å². The standard InChI is InChI=1S/C23H22FN3O4S/c1-30-20-7-9-22(10-8-20)32(28,29)27(16-21-6-3-13-31-21)17-23-25-11-12-26(23)15-18-4-2-5-19(24)14-18/h2-14H,15-17H2,1H3. The molecule has 0 radical (unpaired) electrons. The first-order valence-corrected chi connectivity index (χ1v) is 11.3. The third-order valence-electron chi connectivity index (χ3n) is 4.97. The van der Waals surface area contributed by atoms with Crippen molar-refractivity contribution >= 4 is 10.0 Å². The maximum absolute atomic E-state index is 13.6. The molecule has 0 atom stereocenters. The molecule has 0 saturated carbocycles. The van der Waals surface area contributed by atoms with E-state index >= 15 is 0 Å². The number of halogens is 1. The van der Waals surface area contributed by atoms with Crippen LogP contribution in [0.5, 0.6) is 5.75 Å². The van der Waals surface area contributed by atoms with Crippen LogP contribution in [0.15, 0.2) is 88.6 Å². The Morgan fingerprint density at radius 2 is 1.91 bits per heavy atom. The molecule has 0 fully saturated rings. The summed E-state index contributed by atoms with van der Waals surface area (Å²) < 4.78 is 54.1. The molecule has 4 rings (SSSR count). The summed E-state index contributed by atoms with van der Waals surface area (Å²) in [5.74, 6) is 1.26. The maximum atomic E-state index is 13.6. The Bertz CT molecular complexity index is 1270. The number of rotatable bonds is 9. The van der Waals surface area contributed by atoms with E-state index in [-0.39, 0.29) is 23.8 Å². The zero-order valence-electron chi connectivity index (χ0n) is 17.4. The van der Waals surface area contributed by atoms with Gasteiger partial charge in [-0.15, -0.1) is 0 Å². The van der Waals surface area contributed by atoms with Gasteiger partial charge in [0.05, 0.1) is 31.4 Å². The Hall–Kier alpha value is -3.43. The first kappa shape index (κ1) is 21.8. The van der Waals surface area contributed by atoms with Crippen molar-refractivity contribution in [2.24, 2.45) is 0 Å². The summed E-state index contributed by atoms with van der Waals surface area (Å²) >= 11 is 0. The van der Waals surface area contributed by atoms with Gasteiger partial charge in [-0.25, -0.2) is 17.8 Å². The fourth-order valence-electron chi connectivity index (χ4n) is 3.32. The highest BCUT2D eigenvalue weighted by Gasteiger charge is 2.27. The summed E-state index contributed by atoms with van der Waals surface area (Å²) in [6.07, 6.45) is 4.84. The van der Waals surface area contributed by atoms with Crippen LogP contribution in [0.25, 0.3) is 0 Å². The van der Waals surface area contributed by atoms with Crippen LogP contribution in [0.4, 0.5) is 4.39 Å². The number of ether oxygens (including phenoxy) is 1. The van der Waals surface area contributed by atoms with E-state index in [0.29, 0.717) is 23.9 Å². The van der Waals surface area contributed by atoms with Gasteiger partial charge in [-0.2, -0.15) is 4.31 Å². The molecule has 2 heterocycles. The molecular weight excluding hydrogens is 433 g/mol.